The summed E-state index contributed by atoms with van der Waals surface area (Å²) in [6, 6.07) is 8.37. The highest BCUT2D eigenvalue weighted by molar-refractivity contribution is 8.00. The molecule has 0 radical (unpaired) electrons. The van der Waals surface area contributed by atoms with Crippen LogP contribution in [-0.2, 0) is 4.79 Å². The van der Waals surface area contributed by atoms with E-state index in [0.717, 1.165) is 37.4 Å². The zero-order chi connectivity index (χ0) is 19.2. The minimum Gasteiger partial charge on any atom is -0.342 e. The average molecular weight is 390 g/mol. The maximum Gasteiger partial charge on any atom is 0.255 e. The fraction of sp³-hybridized carbons (Fsp3) is 0.619. The van der Waals surface area contributed by atoms with Crippen molar-refractivity contribution in [2.24, 2.45) is 0 Å². The molecule has 1 aliphatic carbocycles. The molecule has 27 heavy (non-hydrogen) atoms. The molecule has 1 aliphatic heterocycles. The van der Waals surface area contributed by atoms with E-state index in [1.165, 1.54) is 31.0 Å². The van der Waals surface area contributed by atoms with Gasteiger partial charge in [-0.3, -0.25) is 9.59 Å². The summed E-state index contributed by atoms with van der Waals surface area (Å²) in [4.78, 5) is 30.4. The zero-order valence-corrected chi connectivity index (χ0v) is 17.3. The summed E-state index contributed by atoms with van der Waals surface area (Å²) in [5, 5.41) is 3.37. The van der Waals surface area contributed by atoms with Crippen molar-refractivity contribution >= 4 is 23.6 Å². The van der Waals surface area contributed by atoms with Crippen LogP contribution in [0.15, 0.2) is 29.2 Å². The maximum absolute atomic E-state index is 13.0. The Bertz CT molecular complexity index is 661. The third kappa shape index (κ3) is 5.26. The van der Waals surface area contributed by atoms with Gasteiger partial charge in [-0.1, -0.05) is 31.4 Å². The van der Waals surface area contributed by atoms with Gasteiger partial charge in [0.2, 0.25) is 5.91 Å². The molecule has 5 nitrogen and oxygen atoms in total. The second-order valence-corrected chi connectivity index (χ2v) is 8.70. The van der Waals surface area contributed by atoms with E-state index in [4.69, 9.17) is 0 Å². The molecule has 1 saturated carbocycles. The van der Waals surface area contributed by atoms with Gasteiger partial charge in [-0.2, -0.15) is 0 Å². The van der Waals surface area contributed by atoms with Crippen LogP contribution in [-0.4, -0.2) is 66.1 Å². The Morgan fingerprint density at radius 3 is 2.70 bits per heavy atom. The Labute approximate surface area is 166 Å². The van der Waals surface area contributed by atoms with Crippen LogP contribution in [0, 0.1) is 0 Å². The summed E-state index contributed by atoms with van der Waals surface area (Å²) >= 11 is 1.49. The van der Waals surface area contributed by atoms with Gasteiger partial charge in [-0.05, 0) is 31.9 Å². The van der Waals surface area contributed by atoms with Crippen molar-refractivity contribution in [3.63, 3.8) is 0 Å². The Hall–Kier alpha value is -1.53. The summed E-state index contributed by atoms with van der Waals surface area (Å²) in [5.41, 5.74) is 0.713. The molecule has 148 valence electrons. The smallest absolute Gasteiger partial charge is 0.255 e. The first kappa shape index (κ1) is 20.2. The summed E-state index contributed by atoms with van der Waals surface area (Å²) in [6.07, 6.45) is 5.95. The molecule has 1 N–H and O–H groups in total. The number of carbonyl (C=O) groups excluding carboxylic acids is 2. The highest BCUT2D eigenvalue weighted by atomic mass is 32.2. The number of piperazine rings is 1. The molecule has 2 fully saturated rings. The van der Waals surface area contributed by atoms with E-state index in [1.807, 2.05) is 41.1 Å². The van der Waals surface area contributed by atoms with Crippen LogP contribution in [0.5, 0.6) is 0 Å². The maximum atomic E-state index is 13.0. The van der Waals surface area contributed by atoms with Crippen LogP contribution in [0.4, 0.5) is 0 Å². The third-order valence-corrected chi connectivity index (χ3v) is 6.70. The Balaban J connectivity index is 1.62. The number of carbonyl (C=O) groups is 2. The molecule has 2 amide bonds. The van der Waals surface area contributed by atoms with Crippen molar-refractivity contribution < 1.29 is 9.59 Å². The fourth-order valence-electron chi connectivity index (χ4n) is 3.97. The van der Waals surface area contributed by atoms with Gasteiger partial charge in [0.05, 0.1) is 11.3 Å². The van der Waals surface area contributed by atoms with Crippen molar-refractivity contribution in [1.29, 1.82) is 0 Å². The molecular formula is C21H31N3O2S. The van der Waals surface area contributed by atoms with E-state index in [0.29, 0.717) is 23.4 Å². The fourth-order valence-corrected chi connectivity index (χ4v) is 4.94. The van der Waals surface area contributed by atoms with Crippen LogP contribution in [0.25, 0.3) is 0 Å². The topological polar surface area (TPSA) is 52.7 Å². The van der Waals surface area contributed by atoms with Crippen molar-refractivity contribution in [3.05, 3.63) is 29.8 Å². The van der Waals surface area contributed by atoms with E-state index >= 15 is 0 Å². The largest absolute Gasteiger partial charge is 0.342 e. The SMILES string of the molecule is CC1CN(C(=O)c2ccccc2SCC(=O)N(C)C2CCCCC2)CCN1. The first-order valence-corrected chi connectivity index (χ1v) is 11.0. The molecule has 0 aromatic heterocycles. The lowest BCUT2D eigenvalue weighted by molar-refractivity contribution is -0.129. The molecule has 1 saturated heterocycles. The molecule has 1 aromatic carbocycles. The molecule has 3 rings (SSSR count). The lowest BCUT2D eigenvalue weighted by Gasteiger charge is -2.32. The number of benzene rings is 1. The standard InChI is InChI=1S/C21H31N3O2S/c1-16-14-24(13-12-22-16)21(26)18-10-6-7-11-19(18)27-15-20(25)23(2)17-8-4-3-5-9-17/h6-7,10-11,16-17,22H,3-5,8-9,12-15H2,1-2H3. The molecule has 1 heterocycles. The predicted molar refractivity (Wildman–Crippen MR) is 110 cm³/mol. The predicted octanol–water partition coefficient (Wildman–Crippen LogP) is 3.00. The monoisotopic (exact) mass is 389 g/mol. The Morgan fingerprint density at radius 2 is 1.96 bits per heavy atom. The highest BCUT2D eigenvalue weighted by Gasteiger charge is 2.25. The first-order valence-electron chi connectivity index (χ1n) is 10.1. The third-order valence-electron chi connectivity index (χ3n) is 5.64. The van der Waals surface area contributed by atoms with E-state index in [-0.39, 0.29) is 11.8 Å². The van der Waals surface area contributed by atoms with Crippen molar-refractivity contribution in [2.45, 2.75) is 56.0 Å². The van der Waals surface area contributed by atoms with E-state index in [2.05, 4.69) is 12.2 Å². The van der Waals surface area contributed by atoms with Gasteiger partial charge >= 0.3 is 0 Å². The van der Waals surface area contributed by atoms with Crippen LogP contribution in [0.1, 0.15) is 49.4 Å². The van der Waals surface area contributed by atoms with Crippen molar-refractivity contribution in [1.82, 2.24) is 15.1 Å². The number of amides is 2. The average Bonchev–Trinajstić information content (AvgIpc) is 2.71. The molecular weight excluding hydrogens is 358 g/mol. The number of hydrogen-bond donors (Lipinski definition) is 1. The van der Waals surface area contributed by atoms with Gasteiger partial charge in [0, 0.05) is 43.7 Å². The summed E-state index contributed by atoms with van der Waals surface area (Å²) in [6.45, 7) is 4.37. The minimum atomic E-state index is 0.0690. The van der Waals surface area contributed by atoms with Gasteiger partial charge < -0.3 is 15.1 Å². The number of rotatable bonds is 5. The minimum absolute atomic E-state index is 0.0690. The second-order valence-electron chi connectivity index (χ2n) is 7.69. The lowest BCUT2D eigenvalue weighted by atomic mass is 9.94. The Kier molecular flexibility index (Phi) is 7.19. The van der Waals surface area contributed by atoms with Crippen molar-refractivity contribution in [2.75, 3.05) is 32.4 Å². The Morgan fingerprint density at radius 1 is 1.22 bits per heavy atom. The highest BCUT2D eigenvalue weighted by Crippen LogP contribution is 2.26. The number of nitrogens with zero attached hydrogens (tertiary/aromatic N) is 2. The molecule has 0 bridgehead atoms. The quantitative estimate of drug-likeness (QED) is 0.787. The normalized spacial score (nSPS) is 21.1. The summed E-state index contributed by atoms with van der Waals surface area (Å²) < 4.78 is 0. The van der Waals surface area contributed by atoms with Gasteiger partial charge in [0.1, 0.15) is 0 Å². The molecule has 6 heteroatoms. The van der Waals surface area contributed by atoms with E-state index in [1.54, 1.807) is 0 Å². The van der Waals surface area contributed by atoms with E-state index < -0.39 is 0 Å². The van der Waals surface area contributed by atoms with Gasteiger partial charge in [-0.15, -0.1) is 11.8 Å². The van der Waals surface area contributed by atoms with Gasteiger partial charge in [-0.25, -0.2) is 0 Å². The van der Waals surface area contributed by atoms with Gasteiger partial charge in [0.25, 0.3) is 5.91 Å². The summed E-state index contributed by atoms with van der Waals surface area (Å²) in [5.74, 6) is 0.611. The molecule has 1 aromatic rings. The van der Waals surface area contributed by atoms with Crippen LogP contribution in [0.3, 0.4) is 0 Å². The number of thioether (sulfide) groups is 1. The van der Waals surface area contributed by atoms with Crippen molar-refractivity contribution in [3.8, 4) is 0 Å². The molecule has 1 unspecified atom stereocenters. The van der Waals surface area contributed by atoms with Crippen LogP contribution < -0.4 is 5.32 Å². The summed E-state index contributed by atoms with van der Waals surface area (Å²) in [7, 11) is 1.93. The molecule has 1 atom stereocenters. The number of hydrogen-bond acceptors (Lipinski definition) is 4. The van der Waals surface area contributed by atoms with Gasteiger partial charge in [0.15, 0.2) is 0 Å². The second kappa shape index (κ2) is 9.60. The molecule has 0 spiro atoms. The number of nitrogens with one attached hydrogen (secondary N) is 1. The van der Waals surface area contributed by atoms with E-state index in [9.17, 15) is 9.59 Å². The van der Waals surface area contributed by atoms with Crippen LogP contribution >= 0.6 is 11.8 Å². The lowest BCUT2D eigenvalue weighted by Crippen LogP contribution is -2.51. The van der Waals surface area contributed by atoms with Crippen LogP contribution in [0.2, 0.25) is 0 Å². The molecule has 2 aliphatic rings. The zero-order valence-electron chi connectivity index (χ0n) is 16.4. The first-order chi connectivity index (χ1) is 13.1.